The van der Waals surface area contributed by atoms with Crippen LogP contribution in [0.5, 0.6) is 0 Å². The van der Waals surface area contributed by atoms with Gasteiger partial charge in [0.25, 0.3) is 5.91 Å². The molecule has 0 bridgehead atoms. The molecule has 146 valence electrons. The molecule has 0 radical (unpaired) electrons. The zero-order valence-electron chi connectivity index (χ0n) is 15.1. The van der Waals surface area contributed by atoms with Crippen LogP contribution in [-0.4, -0.2) is 49.4 Å². The van der Waals surface area contributed by atoms with Gasteiger partial charge in [-0.3, -0.25) is 9.79 Å². The lowest BCUT2D eigenvalue weighted by Crippen LogP contribution is -2.45. The van der Waals surface area contributed by atoms with Crippen molar-refractivity contribution in [3.05, 3.63) is 59.2 Å². The van der Waals surface area contributed by atoms with Crippen LogP contribution in [0.4, 0.5) is 13.2 Å². The maximum atomic E-state index is 12.9. The molecule has 0 aliphatic carbocycles. The number of carbonyl (C=O) groups excluding carboxylic acids is 1. The van der Waals surface area contributed by atoms with Crippen molar-refractivity contribution >= 4 is 11.6 Å². The SMILES string of the molecule is O=C(C1=NCCc2ccc(-c3ccc(C(F)(F)F)cc3)cc21)N1CCOCC1. The standard InChI is InChI=1S/C21H19F3N2O2/c22-21(23,24)17-5-3-14(4-6-17)16-2-1-15-7-8-25-19(18(15)13-16)20(27)26-9-11-28-12-10-26/h1-6,13H,7-12H2. The van der Waals surface area contributed by atoms with Crippen LogP contribution in [0.2, 0.25) is 0 Å². The lowest BCUT2D eigenvalue weighted by molar-refractivity contribution is -0.137. The molecule has 2 heterocycles. The first-order valence-corrected chi connectivity index (χ1v) is 9.16. The Morgan fingerprint density at radius 1 is 1.00 bits per heavy atom. The van der Waals surface area contributed by atoms with E-state index in [1.54, 1.807) is 4.90 Å². The molecule has 1 fully saturated rings. The highest BCUT2D eigenvalue weighted by Crippen LogP contribution is 2.32. The molecule has 2 aromatic carbocycles. The van der Waals surface area contributed by atoms with Crippen LogP contribution in [0, 0.1) is 0 Å². The summed E-state index contributed by atoms with van der Waals surface area (Å²) < 4.78 is 43.7. The number of rotatable bonds is 2. The number of amides is 1. The zero-order chi connectivity index (χ0) is 19.7. The fraction of sp³-hybridized carbons (Fsp3) is 0.333. The largest absolute Gasteiger partial charge is 0.416 e. The highest BCUT2D eigenvalue weighted by Gasteiger charge is 2.30. The van der Waals surface area contributed by atoms with Gasteiger partial charge in [-0.15, -0.1) is 0 Å². The van der Waals surface area contributed by atoms with Crippen LogP contribution >= 0.6 is 0 Å². The molecule has 0 aromatic heterocycles. The van der Waals surface area contributed by atoms with Crippen LogP contribution < -0.4 is 0 Å². The average Bonchev–Trinajstić information content (AvgIpc) is 2.72. The van der Waals surface area contributed by atoms with Gasteiger partial charge in [0.2, 0.25) is 0 Å². The van der Waals surface area contributed by atoms with E-state index in [1.165, 1.54) is 12.1 Å². The normalized spacial score (nSPS) is 17.1. The van der Waals surface area contributed by atoms with Crippen molar-refractivity contribution in [2.75, 3.05) is 32.8 Å². The molecule has 28 heavy (non-hydrogen) atoms. The smallest absolute Gasteiger partial charge is 0.378 e. The molecule has 0 atom stereocenters. The van der Waals surface area contributed by atoms with Crippen LogP contribution in [0.15, 0.2) is 47.5 Å². The summed E-state index contributed by atoms with van der Waals surface area (Å²) in [5.41, 5.74) is 2.97. The number of hydrogen-bond donors (Lipinski definition) is 0. The Hall–Kier alpha value is -2.67. The van der Waals surface area contributed by atoms with Crippen LogP contribution in [0.3, 0.4) is 0 Å². The molecule has 0 spiro atoms. The summed E-state index contributed by atoms with van der Waals surface area (Å²) in [5.74, 6) is -0.117. The number of nitrogens with zero attached hydrogens (tertiary/aromatic N) is 2. The average molecular weight is 388 g/mol. The fourth-order valence-electron chi connectivity index (χ4n) is 3.52. The van der Waals surface area contributed by atoms with E-state index >= 15 is 0 Å². The van der Waals surface area contributed by atoms with Gasteiger partial charge < -0.3 is 9.64 Å². The van der Waals surface area contributed by atoms with Gasteiger partial charge in [0.05, 0.1) is 18.8 Å². The Labute approximate surface area is 160 Å². The van der Waals surface area contributed by atoms with Crippen molar-refractivity contribution < 1.29 is 22.7 Å². The highest BCUT2D eigenvalue weighted by atomic mass is 19.4. The van der Waals surface area contributed by atoms with Crippen molar-refractivity contribution in [2.24, 2.45) is 4.99 Å². The third-order valence-electron chi connectivity index (χ3n) is 5.06. The molecule has 0 unspecified atom stereocenters. The van der Waals surface area contributed by atoms with E-state index in [9.17, 15) is 18.0 Å². The van der Waals surface area contributed by atoms with E-state index in [4.69, 9.17) is 4.74 Å². The summed E-state index contributed by atoms with van der Waals surface area (Å²) >= 11 is 0. The monoisotopic (exact) mass is 388 g/mol. The first kappa shape index (κ1) is 18.7. The lowest BCUT2D eigenvalue weighted by Gasteiger charge is -2.28. The molecule has 2 aliphatic heterocycles. The number of carbonyl (C=O) groups is 1. The third kappa shape index (κ3) is 3.67. The summed E-state index contributed by atoms with van der Waals surface area (Å²) in [4.78, 5) is 19.1. The molecule has 0 saturated carbocycles. The van der Waals surface area contributed by atoms with Crippen LogP contribution in [0.1, 0.15) is 16.7 Å². The molecule has 1 saturated heterocycles. The minimum absolute atomic E-state index is 0.117. The second-order valence-corrected chi connectivity index (χ2v) is 6.83. The van der Waals surface area contributed by atoms with E-state index < -0.39 is 11.7 Å². The molecule has 1 amide bonds. The Bertz CT molecular complexity index is 914. The molecular weight excluding hydrogens is 369 g/mol. The van der Waals surface area contributed by atoms with E-state index in [2.05, 4.69) is 4.99 Å². The van der Waals surface area contributed by atoms with Crippen molar-refractivity contribution in [1.82, 2.24) is 4.90 Å². The second-order valence-electron chi connectivity index (χ2n) is 6.83. The Kier molecular flexibility index (Phi) is 4.93. The van der Waals surface area contributed by atoms with Crippen LogP contribution in [0.25, 0.3) is 11.1 Å². The fourth-order valence-corrected chi connectivity index (χ4v) is 3.52. The first-order chi connectivity index (χ1) is 13.4. The molecule has 7 heteroatoms. The zero-order valence-corrected chi connectivity index (χ0v) is 15.1. The van der Waals surface area contributed by atoms with Crippen molar-refractivity contribution in [1.29, 1.82) is 0 Å². The Morgan fingerprint density at radius 2 is 1.68 bits per heavy atom. The third-order valence-corrected chi connectivity index (χ3v) is 5.06. The number of halogens is 3. The number of alkyl halides is 3. The summed E-state index contributed by atoms with van der Waals surface area (Å²) in [6.07, 6.45) is -3.62. The number of fused-ring (bicyclic) bond motifs is 1. The van der Waals surface area contributed by atoms with Crippen molar-refractivity contribution in [2.45, 2.75) is 12.6 Å². The maximum Gasteiger partial charge on any atom is 0.416 e. The number of hydrogen-bond acceptors (Lipinski definition) is 3. The van der Waals surface area contributed by atoms with Gasteiger partial charge in [-0.1, -0.05) is 24.3 Å². The number of aliphatic imine (C=N–C) groups is 1. The van der Waals surface area contributed by atoms with Gasteiger partial charge in [0, 0.05) is 25.2 Å². The topological polar surface area (TPSA) is 41.9 Å². The molecule has 4 rings (SSSR count). The lowest BCUT2D eigenvalue weighted by atomic mass is 9.92. The van der Waals surface area contributed by atoms with Gasteiger partial charge >= 0.3 is 6.18 Å². The molecule has 2 aromatic rings. The minimum Gasteiger partial charge on any atom is -0.378 e. The number of ether oxygens (including phenoxy) is 1. The van der Waals surface area contributed by atoms with Gasteiger partial charge in [-0.25, -0.2) is 0 Å². The minimum atomic E-state index is -4.36. The predicted molar refractivity (Wildman–Crippen MR) is 99.4 cm³/mol. The molecule has 0 N–H and O–H groups in total. The van der Waals surface area contributed by atoms with Crippen molar-refractivity contribution in [3.8, 4) is 11.1 Å². The van der Waals surface area contributed by atoms with E-state index in [1.807, 2.05) is 18.2 Å². The summed E-state index contributed by atoms with van der Waals surface area (Å²) in [5, 5.41) is 0. The summed E-state index contributed by atoms with van der Waals surface area (Å²) in [7, 11) is 0. The van der Waals surface area contributed by atoms with Gasteiger partial charge in [-0.2, -0.15) is 13.2 Å². The van der Waals surface area contributed by atoms with E-state index in [-0.39, 0.29) is 5.91 Å². The predicted octanol–water partition coefficient (Wildman–Crippen LogP) is 3.58. The van der Waals surface area contributed by atoms with E-state index in [0.717, 1.165) is 35.2 Å². The molecular formula is C21H19F3N2O2. The number of benzene rings is 2. The Morgan fingerprint density at radius 3 is 2.36 bits per heavy atom. The van der Waals surface area contributed by atoms with E-state index in [0.29, 0.717) is 44.1 Å². The second kappa shape index (κ2) is 7.39. The van der Waals surface area contributed by atoms with Crippen LogP contribution in [-0.2, 0) is 22.1 Å². The Balaban J connectivity index is 1.65. The highest BCUT2D eigenvalue weighted by molar-refractivity contribution is 6.46. The first-order valence-electron chi connectivity index (χ1n) is 9.16. The molecule has 4 nitrogen and oxygen atoms in total. The maximum absolute atomic E-state index is 12.9. The van der Waals surface area contributed by atoms with Crippen molar-refractivity contribution in [3.63, 3.8) is 0 Å². The molecule has 2 aliphatic rings. The van der Waals surface area contributed by atoms with Gasteiger partial charge in [0.1, 0.15) is 5.71 Å². The number of morpholine rings is 1. The summed E-state index contributed by atoms with van der Waals surface area (Å²) in [6.45, 7) is 2.64. The summed E-state index contributed by atoms with van der Waals surface area (Å²) in [6, 6.07) is 10.7. The van der Waals surface area contributed by atoms with Gasteiger partial charge in [-0.05, 0) is 41.3 Å². The van der Waals surface area contributed by atoms with Gasteiger partial charge in [0.15, 0.2) is 0 Å². The quantitative estimate of drug-likeness (QED) is 0.789.